The Morgan fingerprint density at radius 1 is 0.581 bits per heavy atom. The summed E-state index contributed by atoms with van der Waals surface area (Å²) in [6.07, 6.45) is 10.7. The Bertz CT molecular complexity index is 4170. The minimum atomic E-state index is -0.833. The number of likely N-dealkylation sites (tertiary alicyclic amines) is 1. The number of thiazole rings is 2. The lowest BCUT2D eigenvalue weighted by atomic mass is 9.95. The maximum absolute atomic E-state index is 12.9. The van der Waals surface area contributed by atoms with E-state index in [9.17, 15) is 14.4 Å². The molecule has 1 aliphatic carbocycles. The van der Waals surface area contributed by atoms with Crippen molar-refractivity contribution in [2.24, 2.45) is 0 Å². The Morgan fingerprint density at radius 2 is 1.00 bits per heavy atom. The number of ether oxygens (including phenoxy) is 5. The van der Waals surface area contributed by atoms with E-state index in [4.69, 9.17) is 53.8 Å². The van der Waals surface area contributed by atoms with Gasteiger partial charge < -0.3 is 44.3 Å². The van der Waals surface area contributed by atoms with Crippen molar-refractivity contribution in [2.75, 3.05) is 48.6 Å². The number of aliphatic carboxylic acids is 1. The zero-order chi connectivity index (χ0) is 65.6. The summed E-state index contributed by atoms with van der Waals surface area (Å²) in [5.74, 6) is 4.05. The molecule has 93 heavy (non-hydrogen) atoms. The predicted molar refractivity (Wildman–Crippen MR) is 360 cm³/mol. The molecule has 5 N–H and O–H groups in total. The monoisotopic (exact) mass is 1300 g/mol. The van der Waals surface area contributed by atoms with Crippen molar-refractivity contribution in [3.8, 4) is 34.5 Å². The molecule has 0 radical (unpaired) electrons. The normalized spacial score (nSPS) is 14.0. The van der Waals surface area contributed by atoms with Gasteiger partial charge in [0.25, 0.3) is 17.8 Å². The van der Waals surface area contributed by atoms with Crippen LogP contribution in [0.5, 0.6) is 34.5 Å². The molecule has 7 heterocycles. The third kappa shape index (κ3) is 17.9. The molecule has 6 aromatic heterocycles. The molecule has 12 rings (SSSR count). The van der Waals surface area contributed by atoms with Crippen molar-refractivity contribution in [3.05, 3.63) is 166 Å². The van der Waals surface area contributed by atoms with Gasteiger partial charge >= 0.3 is 6.09 Å². The summed E-state index contributed by atoms with van der Waals surface area (Å²) >= 11 is 2.78. The van der Waals surface area contributed by atoms with E-state index in [1.54, 1.807) is 86.1 Å². The van der Waals surface area contributed by atoms with Crippen molar-refractivity contribution < 1.29 is 48.0 Å². The first-order valence-electron chi connectivity index (χ1n) is 30.5. The fourth-order valence-corrected chi connectivity index (χ4v) is 11.9. The van der Waals surface area contributed by atoms with Crippen molar-refractivity contribution >= 4 is 90.5 Å². The molecule has 1 aliphatic heterocycles. The Hall–Kier alpha value is -10.1. The smallest absolute Gasteiger partial charge is 0.410 e. The van der Waals surface area contributed by atoms with Crippen LogP contribution in [0.15, 0.2) is 132 Å². The number of carboxylic acids is 1. The van der Waals surface area contributed by atoms with E-state index in [1.807, 2.05) is 109 Å². The Morgan fingerprint density at radius 3 is 1.41 bits per heavy atom. The number of piperidine rings is 1. The molecule has 10 aromatic rings. The number of hydrogen-bond acceptors (Lipinski definition) is 19. The summed E-state index contributed by atoms with van der Waals surface area (Å²) in [7, 11) is 3.30. The van der Waals surface area contributed by atoms with Crippen LogP contribution in [0.4, 0.5) is 26.7 Å². The number of nitrogens with zero attached hydrogens (tertiary/aromatic N) is 9. The summed E-state index contributed by atoms with van der Waals surface area (Å²) in [4.78, 5) is 67.1. The molecule has 0 bridgehead atoms. The van der Waals surface area contributed by atoms with Crippen LogP contribution >= 0.6 is 22.7 Å². The average Bonchev–Trinajstić information content (AvgIpc) is 1.68. The van der Waals surface area contributed by atoms with Gasteiger partial charge in [-0.05, 0) is 144 Å². The molecule has 23 nitrogen and oxygen atoms in total. The summed E-state index contributed by atoms with van der Waals surface area (Å²) in [6.45, 7) is 12.6. The molecule has 1 saturated heterocycles. The zero-order valence-electron chi connectivity index (χ0n) is 53.1. The molecular weight excluding hydrogens is 1220 g/mol. The molecule has 2 fully saturated rings. The predicted octanol–water partition coefficient (Wildman–Crippen LogP) is 14.2. The molecule has 25 heteroatoms. The topological polar surface area (TPSA) is 273 Å². The van der Waals surface area contributed by atoms with E-state index in [0.717, 1.165) is 83.5 Å². The molecular formula is C68H75N13O10S2. The third-order valence-electron chi connectivity index (χ3n) is 14.9. The number of rotatable bonds is 18. The number of amides is 3. The molecule has 1 saturated carbocycles. The van der Waals surface area contributed by atoms with E-state index >= 15 is 0 Å². The van der Waals surface area contributed by atoms with Crippen LogP contribution < -0.4 is 40.2 Å². The summed E-state index contributed by atoms with van der Waals surface area (Å²) in [5.41, 5.74) is 5.66. The van der Waals surface area contributed by atoms with Gasteiger partial charge in [0, 0.05) is 78.5 Å². The lowest BCUT2D eigenvalue weighted by Gasteiger charge is -2.34. The van der Waals surface area contributed by atoms with Crippen LogP contribution in [0.2, 0.25) is 0 Å². The minimum absolute atomic E-state index is 0.0636. The number of hydrogen-bond donors (Lipinski definition) is 5. The van der Waals surface area contributed by atoms with Crippen molar-refractivity contribution in [3.63, 3.8) is 0 Å². The van der Waals surface area contributed by atoms with Crippen LogP contribution in [-0.2, 0) is 22.6 Å². The first kappa shape index (κ1) is 65.8. The Labute approximate surface area is 546 Å². The largest absolute Gasteiger partial charge is 0.497 e. The van der Waals surface area contributed by atoms with Gasteiger partial charge in [0.15, 0.2) is 33.2 Å². The number of pyridine rings is 2. The average molecular weight is 1300 g/mol. The maximum atomic E-state index is 12.9. The number of nitrogens with one attached hydrogen (secondary N) is 4. The van der Waals surface area contributed by atoms with Crippen molar-refractivity contribution in [1.82, 2.24) is 44.4 Å². The molecule has 4 aromatic carbocycles. The molecule has 2 aliphatic rings. The summed E-state index contributed by atoms with van der Waals surface area (Å²) in [5, 5.41) is 36.8. The minimum Gasteiger partial charge on any atom is -0.497 e. The van der Waals surface area contributed by atoms with Gasteiger partial charge in [-0.1, -0.05) is 43.5 Å². The van der Waals surface area contributed by atoms with Gasteiger partial charge in [0.2, 0.25) is 0 Å². The lowest BCUT2D eigenvalue weighted by molar-refractivity contribution is -0.134. The van der Waals surface area contributed by atoms with Gasteiger partial charge in [-0.3, -0.25) is 25.0 Å². The number of benzene rings is 4. The van der Waals surface area contributed by atoms with Gasteiger partial charge in [-0.15, -0.1) is 22.7 Å². The lowest BCUT2D eigenvalue weighted by Crippen LogP contribution is -2.47. The molecule has 0 unspecified atom stereocenters. The third-order valence-corrected chi connectivity index (χ3v) is 16.7. The number of fused-ring (bicyclic) bond motifs is 2. The van der Waals surface area contributed by atoms with Gasteiger partial charge in [-0.25, -0.2) is 34.1 Å². The van der Waals surface area contributed by atoms with E-state index in [0.29, 0.717) is 93.5 Å². The van der Waals surface area contributed by atoms with Crippen LogP contribution in [0.25, 0.3) is 22.1 Å². The second kappa shape index (κ2) is 30.3. The number of carbonyl (C=O) groups is 4. The molecule has 1 atom stereocenters. The quantitative estimate of drug-likeness (QED) is 0.0534. The standard InChI is InChI=1S/C35H39N7O5S.C31H32N6O3S.C2H4O2/c1-22-21-48-33(37-22)39-32(43)24-10-14-27(15-11-24)46-28-16-17-36-31-29(28)30(40-42(31)19-23-8-12-26(45-5)13-9-23)38-25-7-6-18-41(20-25)34(44)47-35(2,3)4;1-20-19-41-31(33-20)35-30(38)22-10-14-25(15-11-22)40-26-16-17-32-29-27(26)28(34-23-6-4-3-5-7-23)36-37(29)18-21-8-12-24(39-2)13-9-21;1-2(3)4/h8-17,21,25H,6-7,18-20H2,1-5H3,(H,38,40)(H,37,39,43);8-17,19,23H,3-7,18H2,1-2H3,(H,34,36)(H,33,35,38);1H3,(H,3,4)/t25-;;/m1../s1. The number of carboxylic acid groups (broad SMARTS) is 1. The van der Waals surface area contributed by atoms with Gasteiger partial charge in [0.1, 0.15) is 50.9 Å². The number of aromatic nitrogens is 8. The van der Waals surface area contributed by atoms with Crippen LogP contribution in [0.1, 0.15) is 116 Å². The van der Waals surface area contributed by atoms with E-state index in [-0.39, 0.29) is 23.9 Å². The SMILES string of the molecule is CC(=O)O.COc1ccc(Cn2nc(NC3CCCCC3)c3c(Oc4ccc(C(=O)Nc5nc(C)cs5)cc4)ccnc32)cc1.COc1ccc(Cn2nc(N[C@@H]3CCCN(C(=O)OC(C)(C)C)C3)c3c(Oc4ccc(C(=O)Nc5nc(C)cs5)cc4)ccnc32)cc1. The maximum Gasteiger partial charge on any atom is 0.410 e. The number of methoxy groups -OCH3 is 2. The zero-order valence-corrected chi connectivity index (χ0v) is 54.7. The first-order chi connectivity index (χ1) is 44.8. The van der Waals surface area contributed by atoms with E-state index < -0.39 is 11.6 Å². The number of anilines is 4. The summed E-state index contributed by atoms with van der Waals surface area (Å²) < 4.78 is 32.8. The van der Waals surface area contributed by atoms with Crippen molar-refractivity contribution in [1.29, 1.82) is 0 Å². The highest BCUT2D eigenvalue weighted by molar-refractivity contribution is 7.14. The molecule has 3 amide bonds. The second-order valence-corrected chi connectivity index (χ2v) is 25.1. The first-order valence-corrected chi connectivity index (χ1v) is 32.3. The Balaban J connectivity index is 0.000000194. The molecule has 0 spiro atoms. The summed E-state index contributed by atoms with van der Waals surface area (Å²) in [6, 6.07) is 33.8. The molecule has 484 valence electrons. The number of aryl methyl sites for hydroxylation is 2. The fraction of sp³-hybridized carbons (Fsp3) is 0.324. The van der Waals surface area contributed by atoms with E-state index in [2.05, 4.69) is 31.2 Å². The van der Waals surface area contributed by atoms with Crippen LogP contribution in [-0.4, -0.2) is 118 Å². The highest BCUT2D eigenvalue weighted by atomic mass is 32.1. The van der Waals surface area contributed by atoms with E-state index in [1.165, 1.54) is 41.9 Å². The van der Waals surface area contributed by atoms with Gasteiger partial charge in [0.05, 0.1) is 38.7 Å². The van der Waals surface area contributed by atoms with Gasteiger partial charge in [-0.2, -0.15) is 10.2 Å². The van der Waals surface area contributed by atoms with Crippen molar-refractivity contribution in [2.45, 2.75) is 117 Å². The highest BCUT2D eigenvalue weighted by Gasteiger charge is 2.30. The highest BCUT2D eigenvalue weighted by Crippen LogP contribution is 2.38. The second-order valence-electron chi connectivity index (χ2n) is 23.4. The Kier molecular flexibility index (Phi) is 21.5. The van der Waals surface area contributed by atoms with Crippen LogP contribution in [0, 0.1) is 13.8 Å². The fourth-order valence-electron chi connectivity index (χ4n) is 10.5. The van der Waals surface area contributed by atoms with Crippen LogP contribution in [0.3, 0.4) is 0 Å². The number of carbonyl (C=O) groups excluding carboxylic acids is 3.